The van der Waals surface area contributed by atoms with Gasteiger partial charge in [-0.1, -0.05) is 12.1 Å². The van der Waals surface area contributed by atoms with Crippen LogP contribution in [0, 0.1) is 0 Å². The summed E-state index contributed by atoms with van der Waals surface area (Å²) in [6, 6.07) is 7.10. The molecule has 0 bridgehead atoms. The highest BCUT2D eigenvalue weighted by atomic mass is 32.2. The van der Waals surface area contributed by atoms with Gasteiger partial charge in [-0.15, -0.1) is 0 Å². The van der Waals surface area contributed by atoms with E-state index >= 15 is 0 Å². The number of rotatable bonds is 4. The molecule has 1 unspecified atom stereocenters. The molecule has 1 amide bonds. The van der Waals surface area contributed by atoms with Crippen LogP contribution in [0.2, 0.25) is 0 Å². The van der Waals surface area contributed by atoms with E-state index in [0.717, 1.165) is 0 Å². The van der Waals surface area contributed by atoms with Crippen molar-refractivity contribution in [1.29, 1.82) is 0 Å². The number of nitrogens with zero attached hydrogens (tertiary/aromatic N) is 2. The van der Waals surface area contributed by atoms with Crippen molar-refractivity contribution < 1.29 is 13.2 Å². The number of benzene rings is 1. The minimum absolute atomic E-state index is 0.0229. The minimum atomic E-state index is -3.07. The van der Waals surface area contributed by atoms with Crippen LogP contribution in [0.3, 0.4) is 0 Å². The highest BCUT2D eigenvalue weighted by Gasteiger charge is 2.39. The Morgan fingerprint density at radius 1 is 1.38 bits per heavy atom. The van der Waals surface area contributed by atoms with Crippen LogP contribution in [0.5, 0.6) is 0 Å². The molecule has 1 aromatic heterocycles. The number of carbonyl (C=O) groups is 1. The van der Waals surface area contributed by atoms with Crippen LogP contribution in [0.15, 0.2) is 35.3 Å². The van der Waals surface area contributed by atoms with Gasteiger partial charge < -0.3 is 5.32 Å². The monoisotopic (exact) mass is 349 g/mol. The number of para-hydroxylation sites is 1. The Kier molecular flexibility index (Phi) is 4.16. The van der Waals surface area contributed by atoms with Crippen molar-refractivity contribution in [3.63, 3.8) is 0 Å². The summed E-state index contributed by atoms with van der Waals surface area (Å²) < 4.78 is 24.8. The standard InChI is InChI=1S/C16H19N3O4S/c1-16(7-9-24(22,23)11-16)18-15(21)6-8-19-13-5-3-2-4-12(13)14(20)10-17-19/h2-5,10H,6-9,11H2,1H3,(H,18,21). The van der Waals surface area contributed by atoms with Crippen LogP contribution in [0.1, 0.15) is 19.8 Å². The molecule has 24 heavy (non-hydrogen) atoms. The molecule has 2 heterocycles. The van der Waals surface area contributed by atoms with Gasteiger partial charge in [-0.2, -0.15) is 5.10 Å². The van der Waals surface area contributed by atoms with Crippen LogP contribution in [0.4, 0.5) is 0 Å². The maximum absolute atomic E-state index is 12.2. The fourth-order valence-corrected chi connectivity index (χ4v) is 5.15. The predicted octanol–water partition coefficient (Wildman–Crippen LogP) is 0.480. The van der Waals surface area contributed by atoms with E-state index in [1.54, 1.807) is 29.8 Å². The summed E-state index contributed by atoms with van der Waals surface area (Å²) in [5, 5.41) is 7.46. The molecule has 2 aromatic rings. The average Bonchev–Trinajstić information content (AvgIpc) is 2.80. The number of sulfone groups is 1. The number of nitrogens with one attached hydrogen (secondary N) is 1. The number of hydrogen-bond acceptors (Lipinski definition) is 5. The van der Waals surface area contributed by atoms with E-state index in [2.05, 4.69) is 10.4 Å². The normalized spacial score (nSPS) is 22.5. The van der Waals surface area contributed by atoms with Crippen LogP contribution in [-0.2, 0) is 21.2 Å². The van der Waals surface area contributed by atoms with Crippen molar-refractivity contribution >= 4 is 26.6 Å². The molecule has 0 radical (unpaired) electrons. The van der Waals surface area contributed by atoms with Gasteiger partial charge >= 0.3 is 0 Å². The van der Waals surface area contributed by atoms with E-state index in [-0.39, 0.29) is 29.3 Å². The lowest BCUT2D eigenvalue weighted by Gasteiger charge is -2.24. The third-order valence-corrected chi connectivity index (χ3v) is 6.16. The summed E-state index contributed by atoms with van der Waals surface area (Å²) in [5.41, 5.74) is -0.183. The summed E-state index contributed by atoms with van der Waals surface area (Å²) >= 11 is 0. The third kappa shape index (κ3) is 3.48. The smallest absolute Gasteiger partial charge is 0.222 e. The van der Waals surface area contributed by atoms with Gasteiger partial charge in [0.2, 0.25) is 11.3 Å². The molecular weight excluding hydrogens is 330 g/mol. The van der Waals surface area contributed by atoms with E-state index in [1.807, 2.05) is 6.07 Å². The molecule has 0 spiro atoms. The predicted molar refractivity (Wildman–Crippen MR) is 90.4 cm³/mol. The topological polar surface area (TPSA) is 98.1 Å². The van der Waals surface area contributed by atoms with E-state index in [0.29, 0.717) is 23.9 Å². The quantitative estimate of drug-likeness (QED) is 0.866. The first kappa shape index (κ1) is 16.6. The van der Waals surface area contributed by atoms with Gasteiger partial charge in [-0.05, 0) is 25.5 Å². The van der Waals surface area contributed by atoms with Crippen molar-refractivity contribution in [3.05, 3.63) is 40.7 Å². The summed E-state index contributed by atoms with van der Waals surface area (Å²) in [6.07, 6.45) is 1.83. The zero-order valence-electron chi connectivity index (χ0n) is 13.4. The molecule has 1 fully saturated rings. The lowest BCUT2D eigenvalue weighted by Crippen LogP contribution is -2.47. The number of aromatic nitrogens is 2. The summed E-state index contributed by atoms with van der Waals surface area (Å²) in [7, 11) is -3.07. The summed E-state index contributed by atoms with van der Waals surface area (Å²) in [5.74, 6) is -0.139. The lowest BCUT2D eigenvalue weighted by molar-refractivity contribution is -0.122. The highest BCUT2D eigenvalue weighted by Crippen LogP contribution is 2.22. The molecule has 1 aliphatic rings. The van der Waals surface area contributed by atoms with Gasteiger partial charge in [0, 0.05) is 11.8 Å². The number of aryl methyl sites for hydroxylation is 1. The van der Waals surface area contributed by atoms with Gasteiger partial charge in [0.1, 0.15) is 0 Å². The molecule has 0 saturated carbocycles. The Bertz CT molecular complexity index is 951. The molecule has 1 atom stereocenters. The van der Waals surface area contributed by atoms with E-state index in [1.165, 1.54) is 6.20 Å². The van der Waals surface area contributed by atoms with Crippen molar-refractivity contribution in [2.45, 2.75) is 31.8 Å². The first-order valence-corrected chi connectivity index (χ1v) is 9.57. The van der Waals surface area contributed by atoms with Gasteiger partial charge in [0.25, 0.3) is 0 Å². The molecule has 7 nitrogen and oxygen atoms in total. The lowest BCUT2D eigenvalue weighted by atomic mass is 10.0. The minimum Gasteiger partial charge on any atom is -0.350 e. The number of fused-ring (bicyclic) bond motifs is 1. The summed E-state index contributed by atoms with van der Waals surface area (Å²) in [4.78, 5) is 24.0. The molecule has 1 aromatic carbocycles. The second kappa shape index (κ2) is 6.01. The zero-order valence-corrected chi connectivity index (χ0v) is 14.2. The average molecular weight is 349 g/mol. The first-order valence-electron chi connectivity index (χ1n) is 7.74. The Balaban J connectivity index is 1.69. The Labute approximate surface area is 139 Å². The Hall–Kier alpha value is -2.22. The molecule has 3 rings (SSSR count). The molecule has 1 aliphatic heterocycles. The van der Waals surface area contributed by atoms with Crippen molar-refractivity contribution in [1.82, 2.24) is 15.1 Å². The fourth-order valence-electron chi connectivity index (χ4n) is 3.05. The molecule has 8 heteroatoms. The van der Waals surface area contributed by atoms with Crippen molar-refractivity contribution in [2.24, 2.45) is 0 Å². The first-order chi connectivity index (χ1) is 11.3. The molecule has 1 saturated heterocycles. The highest BCUT2D eigenvalue weighted by molar-refractivity contribution is 7.91. The number of amides is 1. The third-order valence-electron chi connectivity index (χ3n) is 4.26. The summed E-state index contributed by atoms with van der Waals surface area (Å²) in [6.45, 7) is 2.07. The van der Waals surface area contributed by atoms with Gasteiger partial charge in [-0.25, -0.2) is 8.42 Å². The van der Waals surface area contributed by atoms with E-state index in [9.17, 15) is 18.0 Å². The van der Waals surface area contributed by atoms with E-state index < -0.39 is 15.4 Å². The maximum atomic E-state index is 12.2. The van der Waals surface area contributed by atoms with Crippen LogP contribution >= 0.6 is 0 Å². The zero-order chi connectivity index (χ0) is 17.4. The number of carbonyl (C=O) groups excluding carboxylic acids is 1. The fraction of sp³-hybridized carbons (Fsp3) is 0.438. The molecule has 128 valence electrons. The van der Waals surface area contributed by atoms with Crippen LogP contribution in [0.25, 0.3) is 10.9 Å². The van der Waals surface area contributed by atoms with Crippen molar-refractivity contribution in [2.75, 3.05) is 11.5 Å². The van der Waals surface area contributed by atoms with E-state index in [4.69, 9.17) is 0 Å². The SMILES string of the molecule is CC1(NC(=O)CCn2ncc(=O)c3ccccc32)CCS(=O)(=O)C1. The maximum Gasteiger partial charge on any atom is 0.222 e. The molecular formula is C16H19N3O4S. The van der Waals surface area contributed by atoms with Crippen LogP contribution in [-0.4, -0.2) is 41.2 Å². The Morgan fingerprint density at radius 2 is 2.12 bits per heavy atom. The largest absolute Gasteiger partial charge is 0.350 e. The molecule has 1 N–H and O–H groups in total. The number of hydrogen-bond donors (Lipinski definition) is 1. The molecule has 0 aliphatic carbocycles. The van der Waals surface area contributed by atoms with Gasteiger partial charge in [0.05, 0.1) is 35.3 Å². The van der Waals surface area contributed by atoms with Gasteiger partial charge in [-0.3, -0.25) is 14.3 Å². The second-order valence-electron chi connectivity index (χ2n) is 6.45. The van der Waals surface area contributed by atoms with Gasteiger partial charge in [0.15, 0.2) is 9.84 Å². The second-order valence-corrected chi connectivity index (χ2v) is 8.63. The van der Waals surface area contributed by atoms with Crippen molar-refractivity contribution in [3.8, 4) is 0 Å². The Morgan fingerprint density at radius 3 is 2.83 bits per heavy atom. The van der Waals surface area contributed by atoms with Crippen LogP contribution < -0.4 is 10.7 Å².